The Morgan fingerprint density at radius 3 is 2.60 bits per heavy atom. The molecule has 1 saturated carbocycles. The van der Waals surface area contributed by atoms with Gasteiger partial charge in [-0.25, -0.2) is 0 Å². The number of benzene rings is 2. The van der Waals surface area contributed by atoms with Crippen molar-refractivity contribution in [2.75, 3.05) is 10.6 Å². The van der Waals surface area contributed by atoms with Gasteiger partial charge in [0.15, 0.2) is 0 Å². The molecule has 0 heterocycles. The average molecular weight is 355 g/mol. The van der Waals surface area contributed by atoms with E-state index in [1.807, 2.05) is 37.3 Å². The monoisotopic (exact) mass is 354 g/mol. The lowest BCUT2D eigenvalue weighted by Crippen LogP contribution is -2.15. The molecule has 2 aromatic rings. The van der Waals surface area contributed by atoms with Crippen LogP contribution in [0, 0.1) is 12.8 Å². The van der Waals surface area contributed by atoms with Crippen molar-refractivity contribution in [3.05, 3.63) is 64.7 Å². The van der Waals surface area contributed by atoms with Gasteiger partial charge in [-0.15, -0.1) is 0 Å². The summed E-state index contributed by atoms with van der Waals surface area (Å²) in [5.41, 5.74) is 3.09. The highest BCUT2D eigenvalue weighted by molar-refractivity contribution is 6.32. The van der Waals surface area contributed by atoms with Crippen LogP contribution in [-0.2, 0) is 9.59 Å². The molecule has 4 nitrogen and oxygen atoms in total. The standard InChI is InChI=1S/C20H19ClN2O2/c1-13-6-10-16(12-18(13)23-20(25)15-7-8-15)22-19(24)11-9-14-4-2-3-5-17(14)21/h2-6,9-12,15H,7-8H2,1H3,(H,22,24)(H,23,25)/b11-9+. The number of halogens is 1. The molecule has 0 bridgehead atoms. The number of hydrogen-bond donors (Lipinski definition) is 2. The predicted octanol–water partition coefficient (Wildman–Crippen LogP) is 4.65. The third-order valence-corrected chi connectivity index (χ3v) is 4.37. The summed E-state index contributed by atoms with van der Waals surface area (Å²) in [5, 5.41) is 6.31. The van der Waals surface area contributed by atoms with E-state index in [0.717, 1.165) is 29.7 Å². The Labute approximate surface area is 151 Å². The zero-order valence-electron chi connectivity index (χ0n) is 13.9. The number of nitrogens with one attached hydrogen (secondary N) is 2. The van der Waals surface area contributed by atoms with Crippen LogP contribution in [0.5, 0.6) is 0 Å². The minimum atomic E-state index is -0.261. The smallest absolute Gasteiger partial charge is 0.248 e. The normalized spacial score (nSPS) is 13.7. The molecule has 2 amide bonds. The zero-order valence-corrected chi connectivity index (χ0v) is 14.6. The van der Waals surface area contributed by atoms with Crippen molar-refractivity contribution >= 4 is 40.9 Å². The van der Waals surface area contributed by atoms with E-state index in [1.54, 1.807) is 18.2 Å². The third-order valence-electron chi connectivity index (χ3n) is 4.03. The van der Waals surface area contributed by atoms with Crippen LogP contribution in [-0.4, -0.2) is 11.8 Å². The fourth-order valence-electron chi connectivity index (χ4n) is 2.37. The second-order valence-electron chi connectivity index (χ2n) is 6.14. The second-order valence-corrected chi connectivity index (χ2v) is 6.54. The molecule has 2 aromatic carbocycles. The molecule has 0 aromatic heterocycles. The van der Waals surface area contributed by atoms with Gasteiger partial charge in [0.05, 0.1) is 0 Å². The summed E-state index contributed by atoms with van der Waals surface area (Å²) in [6.07, 6.45) is 5.01. The number of carbonyl (C=O) groups excluding carboxylic acids is 2. The molecule has 1 aliphatic rings. The van der Waals surface area contributed by atoms with Crippen molar-refractivity contribution in [1.82, 2.24) is 0 Å². The van der Waals surface area contributed by atoms with Crippen molar-refractivity contribution in [2.24, 2.45) is 5.92 Å². The van der Waals surface area contributed by atoms with Crippen LogP contribution < -0.4 is 10.6 Å². The van der Waals surface area contributed by atoms with Gasteiger partial charge in [0.25, 0.3) is 0 Å². The Bertz CT molecular complexity index is 841. The van der Waals surface area contributed by atoms with Gasteiger partial charge in [-0.2, -0.15) is 0 Å². The van der Waals surface area contributed by atoms with Gasteiger partial charge >= 0.3 is 0 Å². The van der Waals surface area contributed by atoms with Crippen LogP contribution in [0.3, 0.4) is 0 Å². The van der Waals surface area contributed by atoms with Crippen LogP contribution in [0.2, 0.25) is 5.02 Å². The summed E-state index contributed by atoms with van der Waals surface area (Å²) in [5.74, 6) is -0.0790. The molecule has 25 heavy (non-hydrogen) atoms. The molecule has 1 aliphatic carbocycles. The summed E-state index contributed by atoms with van der Waals surface area (Å²) in [7, 11) is 0. The molecular formula is C20H19ClN2O2. The first kappa shape index (κ1) is 17.2. The topological polar surface area (TPSA) is 58.2 Å². The summed E-state index contributed by atoms with van der Waals surface area (Å²) >= 11 is 6.06. The van der Waals surface area contributed by atoms with Crippen molar-refractivity contribution < 1.29 is 9.59 Å². The fourth-order valence-corrected chi connectivity index (χ4v) is 2.57. The molecule has 0 aliphatic heterocycles. The number of hydrogen-bond acceptors (Lipinski definition) is 2. The molecule has 0 atom stereocenters. The van der Waals surface area contributed by atoms with E-state index in [2.05, 4.69) is 10.6 Å². The molecular weight excluding hydrogens is 336 g/mol. The highest BCUT2D eigenvalue weighted by Crippen LogP contribution is 2.31. The molecule has 0 unspecified atom stereocenters. The first-order valence-electron chi connectivity index (χ1n) is 8.18. The van der Waals surface area contributed by atoms with E-state index in [0.29, 0.717) is 10.7 Å². The maximum Gasteiger partial charge on any atom is 0.248 e. The molecule has 2 N–H and O–H groups in total. The van der Waals surface area contributed by atoms with E-state index in [-0.39, 0.29) is 17.7 Å². The van der Waals surface area contributed by atoms with Crippen LogP contribution in [0.25, 0.3) is 6.08 Å². The molecule has 3 rings (SSSR count). The van der Waals surface area contributed by atoms with Gasteiger partial charge in [0.2, 0.25) is 11.8 Å². The highest BCUT2D eigenvalue weighted by atomic mass is 35.5. The Balaban J connectivity index is 1.66. The zero-order chi connectivity index (χ0) is 17.8. The molecule has 1 fully saturated rings. The van der Waals surface area contributed by atoms with Crippen LogP contribution in [0.4, 0.5) is 11.4 Å². The lowest BCUT2D eigenvalue weighted by atomic mass is 10.1. The molecule has 0 radical (unpaired) electrons. The minimum Gasteiger partial charge on any atom is -0.326 e. The highest BCUT2D eigenvalue weighted by Gasteiger charge is 2.29. The largest absolute Gasteiger partial charge is 0.326 e. The molecule has 0 spiro atoms. The van der Waals surface area contributed by atoms with Crippen molar-refractivity contribution in [3.63, 3.8) is 0 Å². The fraction of sp³-hybridized carbons (Fsp3) is 0.200. The van der Waals surface area contributed by atoms with E-state index in [1.165, 1.54) is 6.08 Å². The molecule has 5 heteroatoms. The third kappa shape index (κ3) is 4.70. The van der Waals surface area contributed by atoms with E-state index < -0.39 is 0 Å². The Morgan fingerprint density at radius 1 is 1.12 bits per heavy atom. The lowest BCUT2D eigenvalue weighted by molar-refractivity contribution is -0.117. The maximum absolute atomic E-state index is 12.1. The predicted molar refractivity (Wildman–Crippen MR) is 102 cm³/mol. The van der Waals surface area contributed by atoms with E-state index in [4.69, 9.17) is 11.6 Å². The SMILES string of the molecule is Cc1ccc(NC(=O)/C=C/c2ccccc2Cl)cc1NC(=O)C1CC1. The Morgan fingerprint density at radius 2 is 1.88 bits per heavy atom. The summed E-state index contributed by atoms with van der Waals surface area (Å²) in [6.45, 7) is 1.92. The Kier molecular flexibility index (Phi) is 5.19. The van der Waals surface area contributed by atoms with Gasteiger partial charge in [0.1, 0.15) is 0 Å². The lowest BCUT2D eigenvalue weighted by Gasteiger charge is -2.10. The first-order chi connectivity index (χ1) is 12.0. The van der Waals surface area contributed by atoms with E-state index in [9.17, 15) is 9.59 Å². The molecule has 0 saturated heterocycles. The van der Waals surface area contributed by atoms with E-state index >= 15 is 0 Å². The first-order valence-corrected chi connectivity index (χ1v) is 8.56. The van der Waals surface area contributed by atoms with Crippen molar-refractivity contribution in [2.45, 2.75) is 19.8 Å². The number of rotatable bonds is 5. The summed E-state index contributed by atoms with van der Waals surface area (Å²) in [4.78, 5) is 24.0. The van der Waals surface area contributed by atoms with Crippen molar-refractivity contribution in [3.8, 4) is 0 Å². The molecule has 128 valence electrons. The van der Waals surface area contributed by atoms with Crippen LogP contribution in [0.1, 0.15) is 24.0 Å². The second kappa shape index (κ2) is 7.53. The minimum absolute atomic E-state index is 0.0465. The number of aryl methyl sites for hydroxylation is 1. The van der Waals surface area contributed by atoms with Gasteiger partial charge in [0, 0.05) is 28.4 Å². The van der Waals surface area contributed by atoms with Gasteiger partial charge in [-0.05, 0) is 55.2 Å². The Hall–Kier alpha value is -2.59. The summed E-state index contributed by atoms with van der Waals surface area (Å²) < 4.78 is 0. The van der Waals surface area contributed by atoms with Crippen molar-refractivity contribution in [1.29, 1.82) is 0 Å². The van der Waals surface area contributed by atoms with Crippen LogP contribution >= 0.6 is 11.6 Å². The van der Waals surface area contributed by atoms with Gasteiger partial charge in [-0.1, -0.05) is 35.9 Å². The summed E-state index contributed by atoms with van der Waals surface area (Å²) in [6, 6.07) is 12.8. The quantitative estimate of drug-likeness (QED) is 0.768. The average Bonchev–Trinajstić information content (AvgIpc) is 3.42. The number of amides is 2. The number of carbonyl (C=O) groups is 2. The van der Waals surface area contributed by atoms with Crippen LogP contribution in [0.15, 0.2) is 48.5 Å². The van der Waals surface area contributed by atoms with Gasteiger partial charge in [-0.3, -0.25) is 9.59 Å². The van der Waals surface area contributed by atoms with Gasteiger partial charge < -0.3 is 10.6 Å². The number of anilines is 2. The maximum atomic E-state index is 12.1.